The molecule has 0 bridgehead atoms. The molecule has 1 saturated heterocycles. The Balaban J connectivity index is 2.33. The molecule has 1 aliphatic rings. The van der Waals surface area contributed by atoms with E-state index in [0.717, 1.165) is 25.7 Å². The van der Waals surface area contributed by atoms with Crippen molar-refractivity contribution in [3.63, 3.8) is 0 Å². The monoisotopic (exact) mass is 279 g/mol. The molecular formula is C15H21NO4. The average Bonchev–Trinajstić information content (AvgIpc) is 2.47. The molecule has 2 rings (SSSR count). The molecule has 0 aliphatic carbocycles. The summed E-state index contributed by atoms with van der Waals surface area (Å²) in [6, 6.07) is 2.70. The van der Waals surface area contributed by atoms with Crippen LogP contribution in [0.25, 0.3) is 0 Å². The standard InChI is InChI=1S/C15H21NO4/c1-3-15(4-2)9-12(7-8-20-15)16-10-11(14(18)19)5-6-13(16)17/h5-6,10,12H,3-4,7-9H2,1-2H3,(H,18,19). The van der Waals surface area contributed by atoms with E-state index >= 15 is 0 Å². The topological polar surface area (TPSA) is 68.5 Å². The summed E-state index contributed by atoms with van der Waals surface area (Å²) in [6.07, 6.45) is 4.74. The molecule has 1 N–H and O–H groups in total. The second-order valence-electron chi connectivity index (χ2n) is 5.35. The van der Waals surface area contributed by atoms with Crippen LogP contribution >= 0.6 is 0 Å². The second-order valence-corrected chi connectivity index (χ2v) is 5.35. The molecule has 0 saturated carbocycles. The highest BCUT2D eigenvalue weighted by Crippen LogP contribution is 2.36. The van der Waals surface area contributed by atoms with Gasteiger partial charge in [0.05, 0.1) is 11.2 Å². The fourth-order valence-corrected chi connectivity index (χ4v) is 2.90. The molecule has 1 atom stereocenters. The summed E-state index contributed by atoms with van der Waals surface area (Å²) < 4.78 is 7.46. The largest absolute Gasteiger partial charge is 0.478 e. The fourth-order valence-electron chi connectivity index (χ4n) is 2.90. The lowest BCUT2D eigenvalue weighted by molar-refractivity contribution is -0.0991. The van der Waals surface area contributed by atoms with Gasteiger partial charge in [-0.25, -0.2) is 4.79 Å². The van der Waals surface area contributed by atoms with Crippen LogP contribution in [0.4, 0.5) is 0 Å². The highest BCUT2D eigenvalue weighted by molar-refractivity contribution is 5.87. The molecule has 1 aromatic heterocycles. The van der Waals surface area contributed by atoms with Gasteiger partial charge in [-0.2, -0.15) is 0 Å². The third kappa shape index (κ3) is 2.77. The summed E-state index contributed by atoms with van der Waals surface area (Å²) in [5.41, 5.74) is -0.195. The van der Waals surface area contributed by atoms with Gasteiger partial charge < -0.3 is 14.4 Å². The maximum atomic E-state index is 12.0. The third-order valence-corrected chi connectivity index (χ3v) is 4.33. The minimum Gasteiger partial charge on any atom is -0.478 e. The number of rotatable bonds is 4. The Labute approximate surface area is 118 Å². The molecule has 0 aromatic carbocycles. The first-order chi connectivity index (χ1) is 9.51. The number of hydrogen-bond acceptors (Lipinski definition) is 3. The van der Waals surface area contributed by atoms with Crippen molar-refractivity contribution in [1.29, 1.82) is 0 Å². The number of aromatic nitrogens is 1. The number of carboxylic acids is 1. The zero-order valence-corrected chi connectivity index (χ0v) is 12.0. The van der Waals surface area contributed by atoms with Crippen molar-refractivity contribution < 1.29 is 14.6 Å². The zero-order valence-electron chi connectivity index (χ0n) is 12.0. The first-order valence-electron chi connectivity index (χ1n) is 7.11. The van der Waals surface area contributed by atoms with Crippen LogP contribution in [-0.2, 0) is 4.74 Å². The SMILES string of the molecule is CCC1(CC)CC(n2cc(C(=O)O)ccc2=O)CCO1. The Bertz CT molecular complexity index is 545. The van der Waals surface area contributed by atoms with Gasteiger partial charge in [0.25, 0.3) is 5.56 Å². The Kier molecular flexibility index (Phi) is 4.28. The summed E-state index contributed by atoms with van der Waals surface area (Å²) in [5.74, 6) is -1.01. The molecule has 1 unspecified atom stereocenters. The fraction of sp³-hybridized carbons (Fsp3) is 0.600. The van der Waals surface area contributed by atoms with Crippen LogP contribution in [0, 0.1) is 0 Å². The van der Waals surface area contributed by atoms with E-state index in [1.54, 1.807) is 4.57 Å². The quantitative estimate of drug-likeness (QED) is 0.919. The maximum Gasteiger partial charge on any atom is 0.337 e. The molecule has 5 nitrogen and oxygen atoms in total. The van der Waals surface area contributed by atoms with Crippen LogP contribution in [-0.4, -0.2) is 27.9 Å². The van der Waals surface area contributed by atoms with Crippen LogP contribution in [0.3, 0.4) is 0 Å². The molecular weight excluding hydrogens is 258 g/mol. The van der Waals surface area contributed by atoms with E-state index in [4.69, 9.17) is 9.84 Å². The summed E-state index contributed by atoms with van der Waals surface area (Å²) in [6.45, 7) is 4.78. The Morgan fingerprint density at radius 2 is 2.15 bits per heavy atom. The Morgan fingerprint density at radius 3 is 2.75 bits per heavy atom. The van der Waals surface area contributed by atoms with Crippen molar-refractivity contribution in [2.45, 2.75) is 51.2 Å². The van der Waals surface area contributed by atoms with Gasteiger partial charge in [-0.15, -0.1) is 0 Å². The summed E-state index contributed by atoms with van der Waals surface area (Å²) in [5, 5.41) is 9.05. The first-order valence-corrected chi connectivity index (χ1v) is 7.11. The van der Waals surface area contributed by atoms with E-state index < -0.39 is 5.97 Å². The number of nitrogens with zero attached hydrogens (tertiary/aromatic N) is 1. The average molecular weight is 279 g/mol. The summed E-state index contributed by atoms with van der Waals surface area (Å²) in [4.78, 5) is 23.1. The van der Waals surface area contributed by atoms with Gasteiger partial charge in [-0.3, -0.25) is 4.79 Å². The van der Waals surface area contributed by atoms with Gasteiger partial charge in [0, 0.05) is 24.9 Å². The molecule has 5 heteroatoms. The van der Waals surface area contributed by atoms with Crippen molar-refractivity contribution in [2.75, 3.05) is 6.61 Å². The van der Waals surface area contributed by atoms with Gasteiger partial charge in [-0.1, -0.05) is 13.8 Å². The van der Waals surface area contributed by atoms with Crippen molar-refractivity contribution in [3.8, 4) is 0 Å². The lowest BCUT2D eigenvalue weighted by Crippen LogP contribution is -2.41. The van der Waals surface area contributed by atoms with Gasteiger partial charge >= 0.3 is 5.97 Å². The van der Waals surface area contributed by atoms with Crippen molar-refractivity contribution in [3.05, 3.63) is 34.2 Å². The number of carboxylic acid groups (broad SMARTS) is 1. The number of hydrogen-bond donors (Lipinski definition) is 1. The van der Waals surface area contributed by atoms with Gasteiger partial charge in [0.1, 0.15) is 0 Å². The zero-order chi connectivity index (χ0) is 14.8. The minimum atomic E-state index is -1.01. The highest BCUT2D eigenvalue weighted by atomic mass is 16.5. The maximum absolute atomic E-state index is 12.0. The summed E-state index contributed by atoms with van der Waals surface area (Å²) in [7, 11) is 0. The van der Waals surface area contributed by atoms with Crippen LogP contribution in [0.1, 0.15) is 55.9 Å². The number of carbonyl (C=O) groups is 1. The molecule has 0 radical (unpaired) electrons. The van der Waals surface area contributed by atoms with Crippen LogP contribution in [0.2, 0.25) is 0 Å². The Morgan fingerprint density at radius 1 is 1.45 bits per heavy atom. The Hall–Kier alpha value is -1.62. The van der Waals surface area contributed by atoms with Crippen molar-refractivity contribution in [2.24, 2.45) is 0 Å². The second kappa shape index (κ2) is 5.79. The van der Waals surface area contributed by atoms with Gasteiger partial charge in [-0.05, 0) is 31.7 Å². The van der Waals surface area contributed by atoms with Crippen LogP contribution in [0.15, 0.2) is 23.1 Å². The molecule has 0 amide bonds. The third-order valence-electron chi connectivity index (χ3n) is 4.33. The van der Waals surface area contributed by atoms with E-state index in [1.165, 1.54) is 18.3 Å². The lowest BCUT2D eigenvalue weighted by Gasteiger charge is -2.40. The first kappa shape index (κ1) is 14.8. The molecule has 110 valence electrons. The van der Waals surface area contributed by atoms with E-state index in [1.807, 2.05) is 0 Å². The van der Waals surface area contributed by atoms with E-state index in [2.05, 4.69) is 13.8 Å². The smallest absolute Gasteiger partial charge is 0.337 e. The van der Waals surface area contributed by atoms with Gasteiger partial charge in [0.15, 0.2) is 0 Å². The molecule has 1 aliphatic heterocycles. The molecule has 1 fully saturated rings. The summed E-state index contributed by atoms with van der Waals surface area (Å²) >= 11 is 0. The number of pyridine rings is 1. The minimum absolute atomic E-state index is 0.00968. The predicted molar refractivity (Wildman–Crippen MR) is 75.2 cm³/mol. The van der Waals surface area contributed by atoms with Crippen LogP contribution < -0.4 is 5.56 Å². The van der Waals surface area contributed by atoms with Crippen molar-refractivity contribution >= 4 is 5.97 Å². The highest BCUT2D eigenvalue weighted by Gasteiger charge is 2.35. The predicted octanol–water partition coefficient (Wildman–Crippen LogP) is 2.46. The van der Waals surface area contributed by atoms with E-state index in [-0.39, 0.29) is 22.8 Å². The molecule has 0 spiro atoms. The van der Waals surface area contributed by atoms with Crippen LogP contribution in [0.5, 0.6) is 0 Å². The van der Waals surface area contributed by atoms with Crippen molar-refractivity contribution in [1.82, 2.24) is 4.57 Å². The molecule has 2 heterocycles. The molecule has 1 aromatic rings. The number of ether oxygens (including phenoxy) is 1. The van der Waals surface area contributed by atoms with E-state index in [9.17, 15) is 9.59 Å². The molecule has 20 heavy (non-hydrogen) atoms. The normalized spacial score (nSPS) is 21.6. The van der Waals surface area contributed by atoms with E-state index in [0.29, 0.717) is 6.61 Å². The lowest BCUT2D eigenvalue weighted by atomic mass is 9.85. The van der Waals surface area contributed by atoms with Gasteiger partial charge in [0.2, 0.25) is 0 Å². The number of aromatic carboxylic acids is 1.